The van der Waals surface area contributed by atoms with Crippen LogP contribution in [0, 0.1) is 5.92 Å². The lowest BCUT2D eigenvalue weighted by atomic mass is 9.75. The molecule has 0 unspecified atom stereocenters. The number of fused-ring (bicyclic) bond motifs is 2. The third-order valence-corrected chi connectivity index (χ3v) is 5.72. The molecule has 0 aliphatic carbocycles. The van der Waals surface area contributed by atoms with Crippen molar-refractivity contribution in [2.45, 2.75) is 18.4 Å². The van der Waals surface area contributed by atoms with Gasteiger partial charge in [0.05, 0.1) is 12.2 Å². The second-order valence-corrected chi connectivity index (χ2v) is 7.10. The predicted molar refractivity (Wildman–Crippen MR) is 89.9 cm³/mol. The smallest absolute Gasteiger partial charge is 0.415 e. The number of nitrogens with zero attached hydrogens (tertiary/aromatic N) is 2. The molecular weight excluding hydrogens is 304 g/mol. The van der Waals surface area contributed by atoms with Gasteiger partial charge in [0.1, 0.15) is 17.6 Å². The van der Waals surface area contributed by atoms with Gasteiger partial charge in [0, 0.05) is 24.1 Å². The summed E-state index contributed by atoms with van der Waals surface area (Å²) in [5, 5.41) is 0. The summed E-state index contributed by atoms with van der Waals surface area (Å²) in [6.45, 7) is 3.76. The molecule has 1 spiro atoms. The van der Waals surface area contributed by atoms with Gasteiger partial charge in [-0.3, -0.25) is 9.80 Å². The van der Waals surface area contributed by atoms with E-state index in [0.717, 1.165) is 49.5 Å². The maximum Gasteiger partial charge on any atom is 0.415 e. The van der Waals surface area contributed by atoms with Crippen molar-refractivity contribution >= 4 is 11.8 Å². The van der Waals surface area contributed by atoms with E-state index in [0.29, 0.717) is 12.5 Å². The van der Waals surface area contributed by atoms with Crippen LogP contribution in [0.2, 0.25) is 0 Å². The van der Waals surface area contributed by atoms with Gasteiger partial charge >= 0.3 is 6.09 Å². The number of carbonyl (C=O) groups excluding carboxylic acids is 1. The highest BCUT2D eigenvalue weighted by molar-refractivity contribution is 5.91. The van der Waals surface area contributed by atoms with Gasteiger partial charge in [-0.1, -0.05) is 30.3 Å². The molecule has 2 aromatic rings. The first-order valence-corrected chi connectivity index (χ1v) is 8.60. The number of hydrogen-bond donors (Lipinski definition) is 0. The summed E-state index contributed by atoms with van der Waals surface area (Å²) >= 11 is 0. The zero-order chi connectivity index (χ0) is 16.1. The van der Waals surface area contributed by atoms with E-state index in [1.54, 1.807) is 11.2 Å². The van der Waals surface area contributed by atoms with Crippen LogP contribution in [0.15, 0.2) is 47.1 Å². The lowest BCUT2D eigenvalue weighted by Gasteiger charge is -2.49. The minimum Gasteiger partial charge on any atom is -0.462 e. The number of rotatable bonds is 2. The molecule has 24 heavy (non-hydrogen) atoms. The van der Waals surface area contributed by atoms with Crippen molar-refractivity contribution < 1.29 is 13.9 Å². The fourth-order valence-corrected chi connectivity index (χ4v) is 4.43. The largest absolute Gasteiger partial charge is 0.462 e. The van der Waals surface area contributed by atoms with Crippen LogP contribution in [0.4, 0.5) is 10.5 Å². The molecule has 1 aromatic heterocycles. The molecule has 4 saturated heterocycles. The Morgan fingerprint density at radius 1 is 1.08 bits per heavy atom. The zero-order valence-corrected chi connectivity index (χ0v) is 13.5. The maximum atomic E-state index is 12.5. The molecule has 5 heterocycles. The van der Waals surface area contributed by atoms with Crippen LogP contribution >= 0.6 is 0 Å². The monoisotopic (exact) mass is 324 g/mol. The number of piperidine rings is 3. The molecule has 1 amide bonds. The molecule has 4 aliphatic heterocycles. The van der Waals surface area contributed by atoms with Crippen molar-refractivity contribution in [2.24, 2.45) is 5.92 Å². The van der Waals surface area contributed by atoms with E-state index in [9.17, 15) is 4.79 Å². The summed E-state index contributed by atoms with van der Waals surface area (Å²) < 4.78 is 11.6. The molecule has 5 heteroatoms. The molecule has 124 valence electrons. The zero-order valence-electron chi connectivity index (χ0n) is 13.5. The van der Waals surface area contributed by atoms with E-state index in [2.05, 4.69) is 4.90 Å². The highest BCUT2D eigenvalue weighted by atomic mass is 16.6. The van der Waals surface area contributed by atoms with E-state index >= 15 is 0 Å². The molecule has 1 atom stereocenters. The Kier molecular flexibility index (Phi) is 3.00. The fraction of sp³-hybridized carbons (Fsp3) is 0.421. The minimum atomic E-state index is -0.336. The molecule has 4 fully saturated rings. The maximum absolute atomic E-state index is 12.5. The number of ether oxygens (including phenoxy) is 1. The highest BCUT2D eigenvalue weighted by Gasteiger charge is 2.55. The molecule has 6 rings (SSSR count). The van der Waals surface area contributed by atoms with Gasteiger partial charge in [0.25, 0.3) is 0 Å². The summed E-state index contributed by atoms with van der Waals surface area (Å²) in [6.07, 6.45) is 3.66. The van der Waals surface area contributed by atoms with Gasteiger partial charge < -0.3 is 9.15 Å². The second kappa shape index (κ2) is 5.11. The Morgan fingerprint density at radius 3 is 2.58 bits per heavy atom. The number of amides is 1. The van der Waals surface area contributed by atoms with E-state index in [-0.39, 0.29) is 11.7 Å². The number of hydrogen-bond acceptors (Lipinski definition) is 4. The van der Waals surface area contributed by atoms with Crippen LogP contribution in [-0.2, 0) is 4.74 Å². The van der Waals surface area contributed by atoms with Crippen LogP contribution in [0.1, 0.15) is 12.8 Å². The van der Waals surface area contributed by atoms with Gasteiger partial charge in [-0.25, -0.2) is 4.79 Å². The van der Waals surface area contributed by atoms with Crippen molar-refractivity contribution in [2.75, 3.05) is 31.1 Å². The molecule has 1 aromatic carbocycles. The van der Waals surface area contributed by atoms with Crippen molar-refractivity contribution in [3.63, 3.8) is 0 Å². The molecule has 2 bridgehead atoms. The van der Waals surface area contributed by atoms with Crippen LogP contribution in [0.5, 0.6) is 0 Å². The predicted octanol–water partition coefficient (Wildman–Crippen LogP) is 3.37. The second-order valence-electron chi connectivity index (χ2n) is 7.10. The molecular formula is C19H20N2O3. The Bertz CT molecular complexity index is 764. The first kappa shape index (κ1) is 14.1. The van der Waals surface area contributed by atoms with Crippen LogP contribution in [-0.4, -0.2) is 42.8 Å². The Balaban J connectivity index is 1.42. The number of furan rings is 1. The third kappa shape index (κ3) is 2.08. The Morgan fingerprint density at radius 2 is 1.88 bits per heavy atom. The first-order valence-electron chi connectivity index (χ1n) is 8.60. The van der Waals surface area contributed by atoms with Gasteiger partial charge in [0.2, 0.25) is 0 Å². The summed E-state index contributed by atoms with van der Waals surface area (Å²) in [5.74, 6) is 1.25. The van der Waals surface area contributed by atoms with E-state index < -0.39 is 0 Å². The van der Waals surface area contributed by atoms with Crippen LogP contribution < -0.4 is 4.90 Å². The van der Waals surface area contributed by atoms with Gasteiger partial charge in [0.15, 0.2) is 0 Å². The average molecular weight is 324 g/mol. The summed E-state index contributed by atoms with van der Waals surface area (Å²) in [4.78, 5) is 16.7. The first-order chi connectivity index (χ1) is 11.7. The number of carbonyl (C=O) groups is 1. The van der Waals surface area contributed by atoms with Crippen molar-refractivity contribution in [3.05, 3.63) is 42.7 Å². The van der Waals surface area contributed by atoms with E-state index in [4.69, 9.17) is 9.15 Å². The number of anilines is 1. The van der Waals surface area contributed by atoms with Gasteiger partial charge in [-0.05, 0) is 25.9 Å². The molecule has 0 radical (unpaired) electrons. The fourth-order valence-electron chi connectivity index (χ4n) is 4.43. The SMILES string of the molecule is O=C1O[C@@]2(CN3CCC2CC3)CN1c1coc(-c2ccccc2)c1. The van der Waals surface area contributed by atoms with Gasteiger partial charge in [-0.2, -0.15) is 0 Å². The van der Waals surface area contributed by atoms with Crippen LogP contribution in [0.3, 0.4) is 0 Å². The normalized spacial score (nSPS) is 31.7. The molecule has 4 aliphatic rings. The van der Waals surface area contributed by atoms with E-state index in [1.807, 2.05) is 36.4 Å². The Hall–Kier alpha value is -2.27. The molecule has 5 nitrogen and oxygen atoms in total. The summed E-state index contributed by atoms with van der Waals surface area (Å²) in [5.41, 5.74) is 1.46. The topological polar surface area (TPSA) is 45.9 Å². The highest BCUT2D eigenvalue weighted by Crippen LogP contribution is 2.43. The van der Waals surface area contributed by atoms with Gasteiger partial charge in [-0.15, -0.1) is 0 Å². The van der Waals surface area contributed by atoms with Crippen molar-refractivity contribution in [1.82, 2.24) is 4.90 Å². The lowest BCUT2D eigenvalue weighted by Crippen LogP contribution is -2.61. The van der Waals surface area contributed by atoms with E-state index in [1.165, 1.54) is 0 Å². The third-order valence-electron chi connectivity index (χ3n) is 5.72. The van der Waals surface area contributed by atoms with Crippen molar-refractivity contribution in [3.8, 4) is 11.3 Å². The minimum absolute atomic E-state index is 0.246. The Labute approximate surface area is 140 Å². The lowest BCUT2D eigenvalue weighted by molar-refractivity contribution is -0.0881. The molecule has 0 N–H and O–H groups in total. The standard InChI is InChI=1S/C19H20N2O3/c22-18-21(13-19(24-18)12-20-8-6-15(19)7-9-20)16-10-17(23-11-16)14-4-2-1-3-5-14/h1-5,10-11,15H,6-9,12-13H2/t19-/m0/s1. The quantitative estimate of drug-likeness (QED) is 0.850. The number of benzene rings is 1. The summed E-state index contributed by atoms with van der Waals surface area (Å²) in [6, 6.07) is 11.9. The van der Waals surface area contributed by atoms with Crippen molar-refractivity contribution in [1.29, 1.82) is 0 Å². The summed E-state index contributed by atoms with van der Waals surface area (Å²) in [7, 11) is 0. The molecule has 0 saturated carbocycles. The average Bonchev–Trinajstić information content (AvgIpc) is 3.22. The van der Waals surface area contributed by atoms with Crippen LogP contribution in [0.25, 0.3) is 11.3 Å².